The molecule has 1 N–H and O–H groups in total. The number of ether oxygens (including phenoxy) is 1. The molecular formula is C27H25NO2S. The zero-order chi connectivity index (χ0) is 21.3. The SMILES string of the molecule is O=C(CSCCOC(c1ccccc1)c1ccccc1)Nc1ccc2ccccc2c1. The van der Waals surface area contributed by atoms with Crippen molar-refractivity contribution in [2.45, 2.75) is 6.10 Å². The van der Waals surface area contributed by atoms with Gasteiger partial charge in [0.1, 0.15) is 6.10 Å². The van der Waals surface area contributed by atoms with Crippen molar-refractivity contribution in [3.05, 3.63) is 114 Å². The van der Waals surface area contributed by atoms with Gasteiger partial charge in [0.15, 0.2) is 0 Å². The molecule has 0 aliphatic heterocycles. The molecule has 0 spiro atoms. The molecular weight excluding hydrogens is 402 g/mol. The van der Waals surface area contributed by atoms with Gasteiger partial charge in [-0.15, -0.1) is 11.8 Å². The number of benzene rings is 4. The summed E-state index contributed by atoms with van der Waals surface area (Å²) in [5, 5.41) is 5.27. The van der Waals surface area contributed by atoms with E-state index in [1.165, 1.54) is 5.39 Å². The molecule has 0 atom stereocenters. The fraction of sp³-hybridized carbons (Fsp3) is 0.148. The van der Waals surface area contributed by atoms with Gasteiger partial charge in [0.2, 0.25) is 5.91 Å². The van der Waals surface area contributed by atoms with E-state index < -0.39 is 0 Å². The summed E-state index contributed by atoms with van der Waals surface area (Å²) in [5.41, 5.74) is 3.09. The second kappa shape index (κ2) is 10.8. The van der Waals surface area contributed by atoms with E-state index in [0.717, 1.165) is 28.0 Å². The largest absolute Gasteiger partial charge is 0.368 e. The molecule has 1 amide bonds. The Morgan fingerprint density at radius 2 is 1.39 bits per heavy atom. The summed E-state index contributed by atoms with van der Waals surface area (Å²) in [7, 11) is 0. The van der Waals surface area contributed by atoms with E-state index in [2.05, 4.69) is 35.6 Å². The standard InChI is InChI=1S/C27H25NO2S/c29-26(28-25-16-15-21-9-7-8-14-24(21)19-25)20-31-18-17-30-27(22-10-3-1-4-11-22)23-12-5-2-6-13-23/h1-16,19,27H,17-18,20H2,(H,28,29). The number of fused-ring (bicyclic) bond motifs is 1. The zero-order valence-electron chi connectivity index (χ0n) is 17.2. The summed E-state index contributed by atoms with van der Waals surface area (Å²) in [5.74, 6) is 1.15. The summed E-state index contributed by atoms with van der Waals surface area (Å²) in [4.78, 5) is 12.3. The van der Waals surface area contributed by atoms with Gasteiger partial charge in [-0.25, -0.2) is 0 Å². The van der Waals surface area contributed by atoms with Gasteiger partial charge in [0, 0.05) is 11.4 Å². The number of amides is 1. The van der Waals surface area contributed by atoms with Gasteiger partial charge in [0.05, 0.1) is 12.4 Å². The summed E-state index contributed by atoms with van der Waals surface area (Å²) in [6.45, 7) is 0.572. The van der Waals surface area contributed by atoms with Gasteiger partial charge >= 0.3 is 0 Å². The second-order valence-electron chi connectivity index (χ2n) is 7.23. The Morgan fingerprint density at radius 1 is 0.774 bits per heavy atom. The average Bonchev–Trinajstić information content (AvgIpc) is 2.82. The van der Waals surface area contributed by atoms with Gasteiger partial charge < -0.3 is 10.1 Å². The summed E-state index contributed by atoms with van der Waals surface area (Å²) in [6.07, 6.45) is -0.102. The van der Waals surface area contributed by atoms with E-state index in [0.29, 0.717) is 12.4 Å². The van der Waals surface area contributed by atoms with Crippen molar-refractivity contribution in [1.29, 1.82) is 0 Å². The maximum atomic E-state index is 12.3. The Bertz CT molecular complexity index is 1080. The van der Waals surface area contributed by atoms with Crippen LogP contribution in [0.4, 0.5) is 5.69 Å². The molecule has 156 valence electrons. The Balaban J connectivity index is 1.26. The molecule has 31 heavy (non-hydrogen) atoms. The number of anilines is 1. The number of thioether (sulfide) groups is 1. The van der Waals surface area contributed by atoms with Crippen molar-refractivity contribution >= 4 is 34.1 Å². The molecule has 0 aliphatic rings. The Kier molecular flexibility index (Phi) is 7.37. The highest BCUT2D eigenvalue weighted by molar-refractivity contribution is 7.99. The van der Waals surface area contributed by atoms with Gasteiger partial charge in [-0.1, -0.05) is 91.0 Å². The fourth-order valence-electron chi connectivity index (χ4n) is 3.49. The van der Waals surface area contributed by atoms with Gasteiger partial charge in [-0.3, -0.25) is 4.79 Å². The first kappa shape index (κ1) is 21.2. The van der Waals surface area contributed by atoms with Crippen molar-refractivity contribution in [2.75, 3.05) is 23.4 Å². The normalized spacial score (nSPS) is 11.0. The lowest BCUT2D eigenvalue weighted by Gasteiger charge is -2.19. The number of hydrogen-bond donors (Lipinski definition) is 1. The number of hydrogen-bond acceptors (Lipinski definition) is 3. The highest BCUT2D eigenvalue weighted by Gasteiger charge is 2.14. The topological polar surface area (TPSA) is 38.3 Å². The quantitative estimate of drug-likeness (QED) is 0.318. The van der Waals surface area contributed by atoms with Crippen molar-refractivity contribution in [2.24, 2.45) is 0 Å². The van der Waals surface area contributed by atoms with Crippen LogP contribution >= 0.6 is 11.8 Å². The first-order valence-corrected chi connectivity index (χ1v) is 11.5. The summed E-state index contributed by atoms with van der Waals surface area (Å²) >= 11 is 1.58. The third-order valence-electron chi connectivity index (χ3n) is 4.98. The molecule has 0 aromatic heterocycles. The minimum absolute atomic E-state index is 0.00273. The average molecular weight is 428 g/mol. The monoisotopic (exact) mass is 427 g/mol. The molecule has 3 nitrogen and oxygen atoms in total. The van der Waals surface area contributed by atoms with E-state index in [9.17, 15) is 4.79 Å². The number of carbonyl (C=O) groups excluding carboxylic acids is 1. The molecule has 0 fully saturated rings. The van der Waals surface area contributed by atoms with Crippen LogP contribution in [0, 0.1) is 0 Å². The minimum Gasteiger partial charge on any atom is -0.368 e. The third-order valence-corrected chi connectivity index (χ3v) is 5.90. The molecule has 0 heterocycles. The van der Waals surface area contributed by atoms with Crippen LogP contribution in [0.15, 0.2) is 103 Å². The third kappa shape index (κ3) is 5.97. The molecule has 4 rings (SSSR count). The van der Waals surface area contributed by atoms with Crippen LogP contribution in [0.3, 0.4) is 0 Å². The first-order chi connectivity index (χ1) is 15.3. The molecule has 4 aromatic carbocycles. The van der Waals surface area contributed by atoms with Gasteiger partial charge in [-0.05, 0) is 34.0 Å². The van der Waals surface area contributed by atoms with E-state index in [4.69, 9.17) is 4.74 Å². The smallest absolute Gasteiger partial charge is 0.234 e. The summed E-state index contributed by atoms with van der Waals surface area (Å²) < 4.78 is 6.21. The van der Waals surface area contributed by atoms with Crippen molar-refractivity contribution < 1.29 is 9.53 Å². The van der Waals surface area contributed by atoms with Crippen molar-refractivity contribution in [1.82, 2.24) is 0 Å². The predicted octanol–water partition coefficient (Wildman–Crippen LogP) is 6.32. The number of carbonyl (C=O) groups is 1. The number of rotatable bonds is 9. The Labute approximate surface area is 187 Å². The van der Waals surface area contributed by atoms with E-state index >= 15 is 0 Å². The highest BCUT2D eigenvalue weighted by Crippen LogP contribution is 2.26. The first-order valence-electron chi connectivity index (χ1n) is 10.4. The lowest BCUT2D eigenvalue weighted by molar-refractivity contribution is -0.113. The van der Waals surface area contributed by atoms with Crippen LogP contribution in [-0.4, -0.2) is 24.0 Å². The fourth-order valence-corrected chi connectivity index (χ4v) is 4.11. The maximum absolute atomic E-state index is 12.3. The summed E-state index contributed by atoms with van der Waals surface area (Å²) in [6, 6.07) is 34.6. The van der Waals surface area contributed by atoms with Gasteiger partial charge in [0.25, 0.3) is 0 Å². The highest BCUT2D eigenvalue weighted by atomic mass is 32.2. The van der Waals surface area contributed by atoms with Crippen LogP contribution in [0.2, 0.25) is 0 Å². The molecule has 4 aromatic rings. The molecule has 0 saturated heterocycles. The van der Waals surface area contributed by atoms with E-state index in [1.807, 2.05) is 72.8 Å². The van der Waals surface area contributed by atoms with Gasteiger partial charge in [-0.2, -0.15) is 0 Å². The van der Waals surface area contributed by atoms with Crippen LogP contribution in [0.5, 0.6) is 0 Å². The Hall–Kier alpha value is -3.08. The Morgan fingerprint density at radius 3 is 2.06 bits per heavy atom. The van der Waals surface area contributed by atoms with E-state index in [1.54, 1.807) is 11.8 Å². The van der Waals surface area contributed by atoms with Crippen LogP contribution in [0.25, 0.3) is 10.8 Å². The van der Waals surface area contributed by atoms with Crippen LogP contribution in [0.1, 0.15) is 17.2 Å². The molecule has 0 radical (unpaired) electrons. The van der Waals surface area contributed by atoms with E-state index in [-0.39, 0.29) is 12.0 Å². The molecule has 4 heteroatoms. The molecule has 0 saturated carbocycles. The van der Waals surface area contributed by atoms with Crippen LogP contribution < -0.4 is 5.32 Å². The van der Waals surface area contributed by atoms with Crippen molar-refractivity contribution in [3.63, 3.8) is 0 Å². The van der Waals surface area contributed by atoms with Crippen LogP contribution in [-0.2, 0) is 9.53 Å². The lowest BCUT2D eigenvalue weighted by Crippen LogP contribution is -2.15. The van der Waals surface area contributed by atoms with Crippen molar-refractivity contribution in [3.8, 4) is 0 Å². The second-order valence-corrected chi connectivity index (χ2v) is 8.34. The molecule has 0 unspecified atom stereocenters. The molecule has 0 aliphatic carbocycles. The maximum Gasteiger partial charge on any atom is 0.234 e. The minimum atomic E-state index is -0.102. The number of nitrogens with one attached hydrogen (secondary N) is 1. The lowest BCUT2D eigenvalue weighted by atomic mass is 10.0. The molecule has 0 bridgehead atoms. The zero-order valence-corrected chi connectivity index (χ0v) is 18.1. The predicted molar refractivity (Wildman–Crippen MR) is 131 cm³/mol.